The zero-order valence-electron chi connectivity index (χ0n) is 10.1. The van der Waals surface area contributed by atoms with Gasteiger partial charge < -0.3 is 10.1 Å². The molecule has 0 fully saturated rings. The monoisotopic (exact) mass is 245 g/mol. The summed E-state index contributed by atoms with van der Waals surface area (Å²) in [5.41, 5.74) is 6.95. The maximum absolute atomic E-state index is 11.8. The molecule has 2 amide bonds. The second-order valence-corrected chi connectivity index (χ2v) is 3.29. The lowest BCUT2D eigenvalue weighted by Crippen LogP contribution is -2.50. The van der Waals surface area contributed by atoms with Crippen LogP contribution in [0.5, 0.6) is 0 Å². The number of likely N-dealkylation sites (N-methyl/N-ethyl adjacent to an activating group) is 1. The molecule has 0 aromatic rings. The average molecular weight is 245 g/mol. The van der Waals surface area contributed by atoms with E-state index in [1.165, 1.54) is 28.2 Å². The van der Waals surface area contributed by atoms with Gasteiger partial charge in [0.25, 0.3) is 5.91 Å². The summed E-state index contributed by atoms with van der Waals surface area (Å²) < 4.78 is 4.35. The molecule has 1 atom stereocenters. The van der Waals surface area contributed by atoms with E-state index >= 15 is 0 Å². The van der Waals surface area contributed by atoms with Crippen LogP contribution in [0.15, 0.2) is 5.11 Å². The van der Waals surface area contributed by atoms with E-state index in [-0.39, 0.29) is 6.54 Å². The van der Waals surface area contributed by atoms with Crippen LogP contribution < -0.4 is 5.32 Å². The Hall–Kier alpha value is -1.99. The Balaban J connectivity index is 4.84. The van der Waals surface area contributed by atoms with E-state index in [2.05, 4.69) is 20.1 Å². The van der Waals surface area contributed by atoms with Gasteiger partial charge in [-0.2, -0.15) is 0 Å². The Kier molecular flexibility index (Phi) is 5.79. The highest BCUT2D eigenvalue weighted by Gasteiger charge is 2.35. The van der Waals surface area contributed by atoms with Crippen molar-refractivity contribution in [1.29, 1.82) is 0 Å². The van der Waals surface area contributed by atoms with E-state index in [1.807, 2.05) is 0 Å². The number of carbonyl (C=O) groups excluding carboxylic acids is 2. The normalized spacial score (nSPS) is 12.9. The molecule has 0 aromatic heterocycles. The van der Waals surface area contributed by atoms with Crippen molar-refractivity contribution in [2.24, 2.45) is 5.11 Å². The fourth-order valence-electron chi connectivity index (χ4n) is 0.991. The molecule has 0 unspecified atom stereocenters. The van der Waals surface area contributed by atoms with Crippen LogP contribution in [0.3, 0.4) is 0 Å². The quantitative estimate of drug-likeness (QED) is 0.327. The molecule has 0 aliphatic rings. The van der Waals surface area contributed by atoms with Gasteiger partial charge in [-0.3, -0.25) is 9.63 Å². The smallest absolute Gasteiger partial charge is 0.406 e. The second-order valence-electron chi connectivity index (χ2n) is 3.29. The number of nitrogens with one attached hydrogen (secondary N) is 1. The van der Waals surface area contributed by atoms with Gasteiger partial charge in [-0.1, -0.05) is 5.11 Å². The van der Waals surface area contributed by atoms with Crippen LogP contribution >= 0.6 is 0 Å². The molecule has 0 spiro atoms. The predicted molar refractivity (Wildman–Crippen MR) is 57.7 cm³/mol. The van der Waals surface area contributed by atoms with Crippen molar-refractivity contribution in [2.45, 2.75) is 12.5 Å². The number of alkyl carbamates (subject to hydrolysis) is 1. The second kappa shape index (κ2) is 6.56. The van der Waals surface area contributed by atoms with Crippen molar-refractivity contribution >= 4 is 12.0 Å². The topological polar surface area (TPSA) is 117 Å². The molecule has 0 saturated carbocycles. The maximum atomic E-state index is 11.8. The zero-order valence-corrected chi connectivity index (χ0v) is 10.1. The van der Waals surface area contributed by atoms with Gasteiger partial charge in [-0.05, 0) is 12.5 Å². The van der Waals surface area contributed by atoms with Gasteiger partial charge >= 0.3 is 6.09 Å². The molecule has 0 bridgehead atoms. The lowest BCUT2D eigenvalue weighted by Gasteiger charge is -2.26. The third-order valence-corrected chi connectivity index (χ3v) is 2.05. The van der Waals surface area contributed by atoms with E-state index in [4.69, 9.17) is 10.4 Å². The molecule has 9 heteroatoms. The number of rotatable bonds is 5. The third-order valence-electron chi connectivity index (χ3n) is 2.05. The summed E-state index contributed by atoms with van der Waals surface area (Å²) in [6.45, 7) is 1.18. The van der Waals surface area contributed by atoms with Crippen molar-refractivity contribution in [3.05, 3.63) is 10.4 Å². The summed E-state index contributed by atoms with van der Waals surface area (Å²) in [6.07, 6.45) is -0.725. The Morgan fingerprint density at radius 2 is 2.12 bits per heavy atom. The first-order valence-electron chi connectivity index (χ1n) is 4.61. The first-order chi connectivity index (χ1) is 7.91. The van der Waals surface area contributed by atoms with Gasteiger partial charge in [0.15, 0.2) is 0 Å². The molecule has 0 aliphatic carbocycles. The first kappa shape index (κ1) is 15.0. The molecule has 0 saturated heterocycles. The molecule has 0 aromatic carbocycles. The van der Waals surface area contributed by atoms with Crippen molar-refractivity contribution in [1.82, 2.24) is 10.4 Å². The number of nitrogens with zero attached hydrogens (tertiary/aromatic N) is 4. The molecule has 0 rings (SSSR count). The van der Waals surface area contributed by atoms with Crippen LogP contribution in [0.1, 0.15) is 6.92 Å². The lowest BCUT2D eigenvalue weighted by atomic mass is 10.0. The summed E-state index contributed by atoms with van der Waals surface area (Å²) >= 11 is 0. The fourth-order valence-corrected chi connectivity index (χ4v) is 0.991. The van der Waals surface area contributed by atoms with Gasteiger partial charge in [-0.15, -0.1) is 0 Å². The molecular weight excluding hydrogens is 230 g/mol. The van der Waals surface area contributed by atoms with Crippen LogP contribution in [0.4, 0.5) is 4.79 Å². The number of hydrogen-bond donors (Lipinski definition) is 1. The summed E-state index contributed by atoms with van der Waals surface area (Å²) in [6, 6.07) is 0. The van der Waals surface area contributed by atoms with Gasteiger partial charge in [0, 0.05) is 18.5 Å². The molecular formula is C8H15N5O4. The van der Waals surface area contributed by atoms with Crippen LogP contribution in [-0.4, -0.2) is 50.4 Å². The molecule has 0 heterocycles. The SMILES string of the molecule is COC(=O)NC[C@](C)(N=[N+]=[N-])C(=O)N(C)OC. The largest absolute Gasteiger partial charge is 0.453 e. The molecule has 1 N–H and O–H groups in total. The lowest BCUT2D eigenvalue weighted by molar-refractivity contribution is -0.174. The van der Waals surface area contributed by atoms with E-state index in [0.29, 0.717) is 0 Å². The van der Waals surface area contributed by atoms with Crippen molar-refractivity contribution in [2.75, 3.05) is 27.8 Å². The van der Waals surface area contributed by atoms with E-state index < -0.39 is 17.5 Å². The minimum absolute atomic E-state index is 0.198. The molecule has 9 nitrogen and oxygen atoms in total. The van der Waals surface area contributed by atoms with Crippen molar-refractivity contribution in [3.63, 3.8) is 0 Å². The minimum atomic E-state index is -1.48. The predicted octanol–water partition coefficient (Wildman–Crippen LogP) is 0.431. The van der Waals surface area contributed by atoms with E-state index in [9.17, 15) is 9.59 Å². The molecule has 96 valence electrons. The zero-order chi connectivity index (χ0) is 13.5. The minimum Gasteiger partial charge on any atom is -0.453 e. The number of amides is 2. The molecule has 0 aliphatic heterocycles. The molecule has 0 radical (unpaired) electrons. The van der Waals surface area contributed by atoms with Crippen LogP contribution in [0.2, 0.25) is 0 Å². The van der Waals surface area contributed by atoms with Crippen molar-refractivity contribution < 1.29 is 19.2 Å². The Morgan fingerprint density at radius 1 is 1.53 bits per heavy atom. The number of hydroxylamine groups is 2. The Bertz CT molecular complexity index is 341. The standard InChI is InChI=1S/C8H15N5O4/c1-8(11-12-9,5-10-7(15)16-3)6(14)13(2)17-4/h5H2,1-4H3,(H,10,15)/t8-/m0/s1. The van der Waals surface area contributed by atoms with E-state index in [0.717, 1.165) is 5.06 Å². The highest BCUT2D eigenvalue weighted by molar-refractivity contribution is 5.86. The van der Waals surface area contributed by atoms with Gasteiger partial charge in [0.1, 0.15) is 5.54 Å². The summed E-state index contributed by atoms with van der Waals surface area (Å²) in [5.74, 6) is -0.589. The summed E-state index contributed by atoms with van der Waals surface area (Å²) in [5, 5.41) is 6.57. The number of hydrogen-bond acceptors (Lipinski definition) is 5. The third kappa shape index (κ3) is 4.17. The fraction of sp³-hybridized carbons (Fsp3) is 0.750. The number of carbonyl (C=O) groups is 2. The summed E-state index contributed by atoms with van der Waals surface area (Å²) in [7, 11) is 3.84. The van der Waals surface area contributed by atoms with Crippen molar-refractivity contribution in [3.8, 4) is 0 Å². The van der Waals surface area contributed by atoms with E-state index in [1.54, 1.807) is 0 Å². The highest BCUT2D eigenvalue weighted by atomic mass is 16.7. The van der Waals surface area contributed by atoms with Crippen LogP contribution in [-0.2, 0) is 14.4 Å². The highest BCUT2D eigenvalue weighted by Crippen LogP contribution is 2.13. The van der Waals surface area contributed by atoms with Gasteiger partial charge in [0.2, 0.25) is 0 Å². The average Bonchev–Trinajstić information content (AvgIpc) is 2.34. The number of ether oxygens (including phenoxy) is 1. The number of methoxy groups -OCH3 is 1. The first-order valence-corrected chi connectivity index (χ1v) is 4.61. The summed E-state index contributed by atoms with van der Waals surface area (Å²) in [4.78, 5) is 30.0. The molecule has 17 heavy (non-hydrogen) atoms. The van der Waals surface area contributed by atoms with Crippen LogP contribution in [0, 0.1) is 0 Å². The Labute approximate surface area is 98.2 Å². The number of azide groups is 1. The van der Waals surface area contributed by atoms with Crippen LogP contribution in [0.25, 0.3) is 10.4 Å². The van der Waals surface area contributed by atoms with Gasteiger partial charge in [0.05, 0.1) is 14.2 Å². The van der Waals surface area contributed by atoms with Gasteiger partial charge in [-0.25, -0.2) is 9.86 Å². The maximum Gasteiger partial charge on any atom is 0.406 e. The Morgan fingerprint density at radius 3 is 2.53 bits per heavy atom.